The Morgan fingerprint density at radius 2 is 1.31 bits per heavy atom. The molecule has 2 amide bonds. The third kappa shape index (κ3) is 6.07. The molecule has 0 aromatic heterocycles. The maximum absolute atomic E-state index is 12.7. The summed E-state index contributed by atoms with van der Waals surface area (Å²) in [6, 6.07) is 26.2. The smallest absolute Gasteiger partial charge is 0.255 e. The topological polar surface area (TPSA) is 84.2 Å². The molecule has 0 atom stereocenters. The van der Waals surface area contributed by atoms with Gasteiger partial charge in [-0.3, -0.25) is 9.59 Å². The van der Waals surface area contributed by atoms with Gasteiger partial charge in [0.25, 0.3) is 11.8 Å². The fourth-order valence-corrected chi connectivity index (χ4v) is 3.84. The van der Waals surface area contributed by atoms with Gasteiger partial charge in [0.2, 0.25) is 0 Å². The highest BCUT2D eigenvalue weighted by Crippen LogP contribution is 2.22. The van der Waals surface area contributed by atoms with Crippen molar-refractivity contribution in [2.24, 2.45) is 0 Å². The van der Waals surface area contributed by atoms with E-state index in [2.05, 4.69) is 10.6 Å². The number of amides is 2. The van der Waals surface area contributed by atoms with Crippen molar-refractivity contribution in [1.82, 2.24) is 0 Å². The summed E-state index contributed by atoms with van der Waals surface area (Å²) in [5.41, 5.74) is 14.3. The maximum atomic E-state index is 12.7. The van der Waals surface area contributed by atoms with Gasteiger partial charge < -0.3 is 16.4 Å². The second-order valence-corrected chi connectivity index (χ2v) is 8.89. The SMILES string of the molecule is Cc1ccc(C(=O)Nc2ccc(/C=C/c3cc(NC(=O)c4ccc(C)cc4C)ccc3N)cc2)cc1. The molecule has 0 aliphatic heterocycles. The van der Waals surface area contributed by atoms with Crippen molar-refractivity contribution in [3.05, 3.63) is 124 Å². The summed E-state index contributed by atoms with van der Waals surface area (Å²) in [4.78, 5) is 25.2. The molecule has 0 bridgehead atoms. The maximum Gasteiger partial charge on any atom is 0.255 e. The monoisotopic (exact) mass is 475 g/mol. The van der Waals surface area contributed by atoms with E-state index in [4.69, 9.17) is 5.73 Å². The van der Waals surface area contributed by atoms with E-state index >= 15 is 0 Å². The van der Waals surface area contributed by atoms with Gasteiger partial charge in [-0.25, -0.2) is 0 Å². The molecular weight excluding hydrogens is 446 g/mol. The fraction of sp³-hybridized carbons (Fsp3) is 0.0968. The van der Waals surface area contributed by atoms with Crippen LogP contribution in [0.25, 0.3) is 12.2 Å². The van der Waals surface area contributed by atoms with Crippen LogP contribution < -0.4 is 16.4 Å². The highest BCUT2D eigenvalue weighted by atomic mass is 16.2. The molecule has 0 spiro atoms. The summed E-state index contributed by atoms with van der Waals surface area (Å²) in [5.74, 6) is -0.304. The Hall–Kier alpha value is -4.64. The molecular formula is C31H29N3O2. The van der Waals surface area contributed by atoms with E-state index in [1.54, 1.807) is 12.1 Å². The van der Waals surface area contributed by atoms with Gasteiger partial charge >= 0.3 is 0 Å². The van der Waals surface area contributed by atoms with Crippen LogP contribution in [-0.2, 0) is 0 Å². The summed E-state index contributed by atoms with van der Waals surface area (Å²) >= 11 is 0. The van der Waals surface area contributed by atoms with Gasteiger partial charge in [-0.15, -0.1) is 0 Å². The number of nitrogens with two attached hydrogens (primary N) is 1. The van der Waals surface area contributed by atoms with Gasteiger partial charge in [-0.2, -0.15) is 0 Å². The lowest BCUT2D eigenvalue weighted by Crippen LogP contribution is -2.13. The number of nitrogen functional groups attached to an aromatic ring is 1. The molecule has 0 saturated heterocycles. The van der Waals surface area contributed by atoms with E-state index in [-0.39, 0.29) is 11.8 Å². The summed E-state index contributed by atoms with van der Waals surface area (Å²) in [6.07, 6.45) is 3.84. The summed E-state index contributed by atoms with van der Waals surface area (Å²) < 4.78 is 0. The predicted molar refractivity (Wildman–Crippen MR) is 149 cm³/mol. The van der Waals surface area contributed by atoms with Gasteiger partial charge in [-0.1, -0.05) is 59.7 Å². The van der Waals surface area contributed by atoms with E-state index in [1.165, 1.54) is 0 Å². The molecule has 0 fully saturated rings. The zero-order chi connectivity index (χ0) is 25.7. The molecule has 4 rings (SSSR count). The highest BCUT2D eigenvalue weighted by molar-refractivity contribution is 6.06. The lowest BCUT2D eigenvalue weighted by atomic mass is 10.0. The van der Waals surface area contributed by atoms with Crippen molar-refractivity contribution >= 4 is 41.0 Å². The van der Waals surface area contributed by atoms with Gasteiger partial charge in [0.1, 0.15) is 0 Å². The van der Waals surface area contributed by atoms with Gasteiger partial charge in [0.15, 0.2) is 0 Å². The van der Waals surface area contributed by atoms with Crippen LogP contribution in [0.1, 0.15) is 48.5 Å². The Kier molecular flexibility index (Phi) is 7.31. The van der Waals surface area contributed by atoms with Crippen molar-refractivity contribution in [1.29, 1.82) is 0 Å². The minimum atomic E-state index is -0.157. The van der Waals surface area contributed by atoms with E-state index in [0.29, 0.717) is 28.2 Å². The largest absolute Gasteiger partial charge is 0.398 e. The fourth-order valence-electron chi connectivity index (χ4n) is 3.84. The first kappa shape index (κ1) is 24.5. The van der Waals surface area contributed by atoms with E-state index < -0.39 is 0 Å². The van der Waals surface area contributed by atoms with Gasteiger partial charge in [0.05, 0.1) is 0 Å². The Labute approximate surface area is 211 Å². The minimum Gasteiger partial charge on any atom is -0.398 e. The lowest BCUT2D eigenvalue weighted by molar-refractivity contribution is 0.101. The second-order valence-electron chi connectivity index (χ2n) is 8.89. The van der Waals surface area contributed by atoms with Crippen LogP contribution in [0.4, 0.5) is 17.1 Å². The van der Waals surface area contributed by atoms with Gasteiger partial charge in [-0.05, 0) is 86.0 Å². The number of benzene rings is 4. The molecule has 5 heteroatoms. The predicted octanol–water partition coefficient (Wildman–Crippen LogP) is 6.87. The normalized spacial score (nSPS) is 10.9. The number of carbonyl (C=O) groups excluding carboxylic acids is 2. The molecule has 5 nitrogen and oxygen atoms in total. The Morgan fingerprint density at radius 3 is 2.00 bits per heavy atom. The van der Waals surface area contributed by atoms with Crippen molar-refractivity contribution in [2.75, 3.05) is 16.4 Å². The van der Waals surface area contributed by atoms with E-state index in [9.17, 15) is 9.59 Å². The Bertz CT molecular complexity index is 1440. The van der Waals surface area contributed by atoms with Crippen LogP contribution in [0.15, 0.2) is 84.9 Å². The molecule has 4 N–H and O–H groups in total. The first-order valence-corrected chi connectivity index (χ1v) is 11.7. The van der Waals surface area contributed by atoms with Crippen molar-refractivity contribution in [2.45, 2.75) is 20.8 Å². The number of anilines is 3. The quantitative estimate of drug-likeness (QED) is 0.210. The Balaban J connectivity index is 1.43. The molecule has 0 heterocycles. The number of aryl methyl sites for hydroxylation is 3. The Morgan fingerprint density at radius 1 is 0.667 bits per heavy atom. The van der Waals surface area contributed by atoms with Crippen LogP contribution >= 0.6 is 0 Å². The van der Waals surface area contributed by atoms with Crippen LogP contribution in [0.5, 0.6) is 0 Å². The molecule has 4 aromatic rings. The number of carbonyl (C=O) groups is 2. The van der Waals surface area contributed by atoms with Crippen LogP contribution in [0.2, 0.25) is 0 Å². The molecule has 0 aliphatic rings. The molecule has 0 unspecified atom stereocenters. The van der Waals surface area contributed by atoms with Crippen molar-refractivity contribution < 1.29 is 9.59 Å². The number of hydrogen-bond donors (Lipinski definition) is 3. The first-order valence-electron chi connectivity index (χ1n) is 11.7. The number of nitrogens with one attached hydrogen (secondary N) is 2. The highest BCUT2D eigenvalue weighted by Gasteiger charge is 2.10. The van der Waals surface area contributed by atoms with Crippen LogP contribution in [0.3, 0.4) is 0 Å². The second kappa shape index (κ2) is 10.7. The summed E-state index contributed by atoms with van der Waals surface area (Å²) in [5, 5.41) is 5.87. The average molecular weight is 476 g/mol. The number of hydrogen-bond acceptors (Lipinski definition) is 3. The number of rotatable bonds is 6. The standard InChI is InChI=1S/C31H29N3O2/c1-20-4-10-24(11-5-20)30(35)33-26-13-8-23(9-14-26)7-12-25-19-27(15-17-29(25)32)34-31(36)28-16-6-21(2)18-22(28)3/h4-19H,32H2,1-3H3,(H,33,35)(H,34,36)/b12-7+. The minimum absolute atomic E-state index is 0.147. The molecule has 4 aromatic carbocycles. The average Bonchev–Trinajstić information content (AvgIpc) is 2.85. The molecule has 0 radical (unpaired) electrons. The zero-order valence-electron chi connectivity index (χ0n) is 20.6. The van der Waals surface area contributed by atoms with Crippen LogP contribution in [-0.4, -0.2) is 11.8 Å². The third-order valence-electron chi connectivity index (χ3n) is 5.91. The molecule has 0 aliphatic carbocycles. The lowest BCUT2D eigenvalue weighted by Gasteiger charge is -2.10. The summed E-state index contributed by atoms with van der Waals surface area (Å²) in [6.45, 7) is 5.92. The van der Waals surface area contributed by atoms with Gasteiger partial charge in [0, 0.05) is 28.2 Å². The summed E-state index contributed by atoms with van der Waals surface area (Å²) in [7, 11) is 0. The molecule has 0 saturated carbocycles. The van der Waals surface area contributed by atoms with E-state index in [1.807, 2.05) is 106 Å². The zero-order valence-corrected chi connectivity index (χ0v) is 20.6. The van der Waals surface area contributed by atoms with E-state index in [0.717, 1.165) is 27.8 Å². The molecule has 36 heavy (non-hydrogen) atoms. The van der Waals surface area contributed by atoms with Crippen LogP contribution in [0, 0.1) is 20.8 Å². The molecule has 180 valence electrons. The first-order chi connectivity index (χ1) is 17.3. The third-order valence-corrected chi connectivity index (χ3v) is 5.91. The van der Waals surface area contributed by atoms with Crippen molar-refractivity contribution in [3.63, 3.8) is 0 Å². The van der Waals surface area contributed by atoms with Crippen molar-refractivity contribution in [3.8, 4) is 0 Å².